The van der Waals surface area contributed by atoms with Crippen LogP contribution in [0.1, 0.15) is 11.3 Å². The van der Waals surface area contributed by atoms with Gasteiger partial charge in [-0.25, -0.2) is 0 Å². The Hall–Kier alpha value is -1.90. The van der Waals surface area contributed by atoms with Gasteiger partial charge >= 0.3 is 5.92 Å². The predicted molar refractivity (Wildman–Crippen MR) is 91.2 cm³/mol. The number of benzene rings is 1. The highest BCUT2D eigenvalue weighted by Gasteiger charge is 2.57. The number of hydrogen-bond donors (Lipinski definition) is 1. The van der Waals surface area contributed by atoms with Crippen molar-refractivity contribution in [1.82, 2.24) is 20.0 Å². The van der Waals surface area contributed by atoms with Crippen molar-refractivity contribution in [2.24, 2.45) is 0 Å². The molecule has 3 rings (SSSR count). The van der Waals surface area contributed by atoms with Gasteiger partial charge in [0, 0.05) is 15.7 Å². The van der Waals surface area contributed by atoms with Crippen LogP contribution in [0.2, 0.25) is 5.02 Å². The van der Waals surface area contributed by atoms with E-state index in [0.29, 0.717) is 4.47 Å². The maximum absolute atomic E-state index is 15.3. The number of alkyl halides is 2. The fourth-order valence-corrected chi connectivity index (χ4v) is 2.85. The zero-order valence-corrected chi connectivity index (χ0v) is 15.0. The van der Waals surface area contributed by atoms with E-state index >= 15 is 8.78 Å². The predicted octanol–water partition coefficient (Wildman–Crippen LogP) is 3.77. The van der Waals surface area contributed by atoms with Crippen molar-refractivity contribution in [3.63, 3.8) is 0 Å². The summed E-state index contributed by atoms with van der Waals surface area (Å²) in [4.78, 5) is 4.75. The van der Waals surface area contributed by atoms with Gasteiger partial charge in [-0.2, -0.15) is 23.8 Å². The molecule has 0 aliphatic rings. The Kier molecular flexibility index (Phi) is 4.86. The van der Waals surface area contributed by atoms with Gasteiger partial charge in [0.05, 0.1) is 12.4 Å². The third kappa shape index (κ3) is 3.42. The van der Waals surface area contributed by atoms with Gasteiger partial charge in [-0.1, -0.05) is 23.7 Å². The average molecular weight is 430 g/mol. The second kappa shape index (κ2) is 6.78. The number of pyridine rings is 1. The molecule has 0 radical (unpaired) electrons. The molecule has 1 unspecified atom stereocenters. The fourth-order valence-electron chi connectivity index (χ4n) is 2.42. The van der Waals surface area contributed by atoms with Gasteiger partial charge in [0.2, 0.25) is 0 Å². The molecule has 3 aromatic rings. The molecule has 1 N–H and O–H groups in total. The molecule has 9 heteroatoms. The SMILES string of the molecule is OC(Cn1nccn1)(c1cccc(Cl)c1)C(F)(F)c1ccc(Br)cn1. The van der Waals surface area contributed by atoms with Crippen molar-refractivity contribution in [3.05, 3.63) is 75.7 Å². The summed E-state index contributed by atoms with van der Waals surface area (Å²) in [5.41, 5.74) is -3.30. The quantitative estimate of drug-likeness (QED) is 0.671. The van der Waals surface area contributed by atoms with Crippen LogP contribution < -0.4 is 0 Å². The van der Waals surface area contributed by atoms with Crippen LogP contribution in [0.25, 0.3) is 0 Å². The Bertz CT molecular complexity index is 861. The van der Waals surface area contributed by atoms with Gasteiger partial charge in [0.15, 0.2) is 5.60 Å². The Morgan fingerprint density at radius 2 is 1.88 bits per heavy atom. The van der Waals surface area contributed by atoms with Crippen LogP contribution in [-0.2, 0) is 18.1 Å². The summed E-state index contributed by atoms with van der Waals surface area (Å²) in [6.07, 6.45) is 3.93. The largest absolute Gasteiger partial charge is 0.377 e. The summed E-state index contributed by atoms with van der Waals surface area (Å²) in [6.45, 7) is -0.578. The second-order valence-corrected chi connectivity index (χ2v) is 6.72. The first kappa shape index (κ1) is 17.9. The Labute approximate surface area is 155 Å². The first-order valence-electron chi connectivity index (χ1n) is 7.15. The average Bonchev–Trinajstić information content (AvgIpc) is 3.08. The summed E-state index contributed by atoms with van der Waals surface area (Å²) < 4.78 is 31.2. The number of rotatable bonds is 5. The van der Waals surface area contributed by atoms with Crippen molar-refractivity contribution < 1.29 is 13.9 Å². The van der Waals surface area contributed by atoms with Crippen LogP contribution >= 0.6 is 27.5 Å². The summed E-state index contributed by atoms with van der Waals surface area (Å²) in [5, 5.41) is 18.9. The molecule has 0 saturated carbocycles. The van der Waals surface area contributed by atoms with E-state index < -0.39 is 23.8 Å². The number of halogens is 4. The van der Waals surface area contributed by atoms with Gasteiger partial charge < -0.3 is 5.11 Å². The lowest BCUT2D eigenvalue weighted by atomic mass is 9.85. The molecule has 25 heavy (non-hydrogen) atoms. The molecule has 0 aliphatic heterocycles. The summed E-state index contributed by atoms with van der Waals surface area (Å²) >= 11 is 9.09. The molecule has 1 aromatic carbocycles. The molecule has 2 aromatic heterocycles. The second-order valence-electron chi connectivity index (χ2n) is 5.37. The van der Waals surface area contributed by atoms with Gasteiger partial charge in [0.25, 0.3) is 0 Å². The molecule has 2 heterocycles. The van der Waals surface area contributed by atoms with E-state index in [1.54, 1.807) is 0 Å². The highest BCUT2D eigenvalue weighted by Crippen LogP contribution is 2.46. The number of nitrogens with zero attached hydrogens (tertiary/aromatic N) is 4. The van der Waals surface area contributed by atoms with Crippen molar-refractivity contribution in [2.45, 2.75) is 18.1 Å². The lowest BCUT2D eigenvalue weighted by Crippen LogP contribution is -2.47. The highest BCUT2D eigenvalue weighted by molar-refractivity contribution is 9.10. The van der Waals surface area contributed by atoms with Crippen molar-refractivity contribution in [1.29, 1.82) is 0 Å². The van der Waals surface area contributed by atoms with Crippen LogP contribution in [-0.4, -0.2) is 25.1 Å². The van der Waals surface area contributed by atoms with Gasteiger partial charge in [0.1, 0.15) is 12.2 Å². The van der Waals surface area contributed by atoms with Crippen LogP contribution in [0.4, 0.5) is 8.78 Å². The van der Waals surface area contributed by atoms with Crippen LogP contribution in [0.3, 0.4) is 0 Å². The standard InChI is InChI=1S/C16H12BrClF2N4O/c17-12-4-5-14(21-9-12)16(19,20)15(25,10-24-22-6-7-23-24)11-2-1-3-13(18)8-11/h1-9,25H,10H2. The van der Waals surface area contributed by atoms with E-state index in [1.165, 1.54) is 48.9 Å². The molecule has 0 saturated heterocycles. The van der Waals surface area contributed by atoms with E-state index in [0.717, 1.165) is 10.9 Å². The highest BCUT2D eigenvalue weighted by atomic mass is 79.9. The molecule has 130 valence electrons. The Balaban J connectivity index is 2.14. The minimum absolute atomic E-state index is 0.0629. The zero-order valence-electron chi connectivity index (χ0n) is 12.7. The monoisotopic (exact) mass is 428 g/mol. The molecule has 0 amide bonds. The maximum Gasteiger partial charge on any atom is 0.323 e. The van der Waals surface area contributed by atoms with Crippen LogP contribution in [0.5, 0.6) is 0 Å². The maximum atomic E-state index is 15.3. The molecular formula is C16H12BrClF2N4O. The minimum atomic E-state index is -3.73. The molecular weight excluding hydrogens is 418 g/mol. The fraction of sp³-hybridized carbons (Fsp3) is 0.188. The lowest BCUT2D eigenvalue weighted by molar-refractivity contribution is -0.207. The Morgan fingerprint density at radius 1 is 1.16 bits per heavy atom. The van der Waals surface area contributed by atoms with Gasteiger partial charge in [-0.15, -0.1) is 0 Å². The molecule has 0 spiro atoms. The molecule has 5 nitrogen and oxygen atoms in total. The van der Waals surface area contributed by atoms with Crippen LogP contribution in [0.15, 0.2) is 59.5 Å². The first-order valence-corrected chi connectivity index (χ1v) is 8.32. The van der Waals surface area contributed by atoms with Gasteiger partial charge in [-0.05, 0) is 45.8 Å². The van der Waals surface area contributed by atoms with E-state index in [4.69, 9.17) is 11.6 Å². The molecule has 0 fully saturated rings. The van der Waals surface area contributed by atoms with E-state index in [2.05, 4.69) is 31.1 Å². The minimum Gasteiger partial charge on any atom is -0.377 e. The van der Waals surface area contributed by atoms with E-state index in [9.17, 15) is 5.11 Å². The first-order chi connectivity index (χ1) is 11.8. The topological polar surface area (TPSA) is 63.8 Å². The summed E-state index contributed by atoms with van der Waals surface area (Å²) in [6, 6.07) is 8.27. The number of hydrogen-bond acceptors (Lipinski definition) is 4. The summed E-state index contributed by atoms with van der Waals surface area (Å²) in [7, 11) is 0. The van der Waals surface area contributed by atoms with Crippen LogP contribution in [0, 0.1) is 0 Å². The summed E-state index contributed by atoms with van der Waals surface area (Å²) in [5.74, 6) is -3.73. The zero-order chi connectivity index (χ0) is 18.1. The number of aliphatic hydroxyl groups is 1. The Morgan fingerprint density at radius 3 is 2.48 bits per heavy atom. The van der Waals surface area contributed by atoms with Crippen molar-refractivity contribution >= 4 is 27.5 Å². The third-order valence-corrected chi connectivity index (χ3v) is 4.41. The lowest BCUT2D eigenvalue weighted by Gasteiger charge is -2.35. The third-order valence-electron chi connectivity index (χ3n) is 3.71. The number of aromatic nitrogens is 4. The molecule has 0 bridgehead atoms. The van der Waals surface area contributed by atoms with Crippen molar-refractivity contribution in [3.8, 4) is 0 Å². The molecule has 1 atom stereocenters. The van der Waals surface area contributed by atoms with E-state index in [-0.39, 0.29) is 10.6 Å². The normalized spacial score (nSPS) is 14.3. The van der Waals surface area contributed by atoms with Crippen molar-refractivity contribution in [2.75, 3.05) is 0 Å². The molecule has 0 aliphatic carbocycles. The smallest absolute Gasteiger partial charge is 0.323 e. The van der Waals surface area contributed by atoms with E-state index in [1.807, 2.05) is 0 Å². The van der Waals surface area contributed by atoms with Gasteiger partial charge in [-0.3, -0.25) is 4.98 Å².